The van der Waals surface area contributed by atoms with Crippen molar-refractivity contribution in [3.05, 3.63) is 35.1 Å². The van der Waals surface area contributed by atoms with Crippen LogP contribution in [0.2, 0.25) is 0 Å². The highest BCUT2D eigenvalue weighted by atomic mass is 35.5. The topological polar surface area (TPSA) is 0 Å². The summed E-state index contributed by atoms with van der Waals surface area (Å²) in [6, 6.07) is -0.224. The Hall–Kier alpha value is -0.620. The summed E-state index contributed by atoms with van der Waals surface area (Å²) >= 11 is 8.99. The smallest absolute Gasteiger partial charge is 0.212 e. The maximum Gasteiger partial charge on any atom is 0.373 e. The molecule has 0 saturated heterocycles. The van der Waals surface area contributed by atoms with Gasteiger partial charge >= 0.3 is 5.38 Å². The largest absolute Gasteiger partial charge is 0.373 e. The molecule has 0 nitrogen and oxygen atoms in total. The second-order valence-electron chi connectivity index (χ2n) is 2.82. The molecule has 1 aromatic rings. The fraction of sp³-hybridized carbons (Fsp3) is 0.250. The van der Waals surface area contributed by atoms with Crippen molar-refractivity contribution in [2.24, 2.45) is 0 Å². The molecule has 90 valence electrons. The average molecular weight is 283 g/mol. The van der Waals surface area contributed by atoms with E-state index in [1.807, 2.05) is 0 Å². The quantitative estimate of drug-likeness (QED) is 0.431. The lowest BCUT2D eigenvalue weighted by Gasteiger charge is -2.23. The van der Waals surface area contributed by atoms with E-state index >= 15 is 0 Å². The van der Waals surface area contributed by atoms with Crippen LogP contribution in [0.5, 0.6) is 0 Å². The van der Waals surface area contributed by atoms with E-state index in [4.69, 9.17) is 0 Å². The zero-order chi connectivity index (χ0) is 12.7. The molecule has 0 aliphatic heterocycles. The summed E-state index contributed by atoms with van der Waals surface area (Å²) < 4.78 is 76.2. The molecule has 16 heavy (non-hydrogen) atoms. The van der Waals surface area contributed by atoms with E-state index in [1.54, 1.807) is 0 Å². The molecule has 1 aromatic carbocycles. The molecule has 1 rings (SSSR count). The van der Waals surface area contributed by atoms with Gasteiger partial charge in [0.2, 0.25) is 0 Å². The van der Waals surface area contributed by atoms with Crippen molar-refractivity contribution in [3.8, 4) is 0 Å². The zero-order valence-corrected chi connectivity index (χ0v) is 8.69. The molecular weight excluding hydrogens is 281 g/mol. The van der Waals surface area contributed by atoms with Crippen molar-refractivity contribution in [1.82, 2.24) is 0 Å². The Morgan fingerprint density at radius 3 is 1.69 bits per heavy atom. The minimum atomic E-state index is -4.68. The molecule has 0 aliphatic carbocycles. The molecule has 0 spiro atoms. The van der Waals surface area contributed by atoms with Gasteiger partial charge in [0.1, 0.15) is 5.82 Å². The molecule has 0 aromatic heterocycles. The first-order chi connectivity index (χ1) is 7.07. The highest BCUT2D eigenvalue weighted by Crippen LogP contribution is 2.48. The van der Waals surface area contributed by atoms with Gasteiger partial charge in [-0.05, 0) is 17.7 Å². The Morgan fingerprint density at radius 2 is 1.25 bits per heavy atom. The van der Waals surface area contributed by atoms with Gasteiger partial charge in [-0.25, -0.2) is 17.6 Å². The van der Waals surface area contributed by atoms with Crippen LogP contribution in [0, 0.1) is 17.5 Å². The van der Waals surface area contributed by atoms with Crippen LogP contribution in [0.15, 0.2) is 12.1 Å². The Morgan fingerprint density at radius 1 is 0.812 bits per heavy atom. The molecule has 0 fully saturated rings. The highest BCUT2D eigenvalue weighted by molar-refractivity contribution is 6.32. The second-order valence-corrected chi connectivity index (χ2v) is 3.81. The van der Waals surface area contributed by atoms with Crippen LogP contribution < -0.4 is 0 Å². The van der Waals surface area contributed by atoms with Crippen molar-refractivity contribution in [2.75, 3.05) is 0 Å². The number of hydrogen-bond acceptors (Lipinski definition) is 0. The number of alkyl halides is 5. The molecular formula is C8H2Cl2F6. The molecule has 0 heterocycles. The minimum Gasteiger partial charge on any atom is -0.212 e. The Kier molecular flexibility index (Phi) is 3.36. The normalized spacial score (nSPS) is 16.0. The first-order valence-electron chi connectivity index (χ1n) is 3.67. The third-order valence-corrected chi connectivity index (χ3v) is 2.50. The van der Waals surface area contributed by atoms with E-state index in [-0.39, 0.29) is 12.1 Å². The SMILES string of the molecule is Fc1cc(F)c(C(F)(Cl)C(F)(F)Cl)cc1F. The average Bonchev–Trinajstić information content (AvgIpc) is 2.09. The van der Waals surface area contributed by atoms with Crippen molar-refractivity contribution < 1.29 is 26.3 Å². The zero-order valence-electron chi connectivity index (χ0n) is 7.18. The number of rotatable bonds is 2. The Balaban J connectivity index is 3.39. The predicted molar refractivity (Wildman–Crippen MR) is 45.8 cm³/mol. The minimum absolute atomic E-state index is 0.107. The van der Waals surface area contributed by atoms with Crippen LogP contribution in [0.4, 0.5) is 26.3 Å². The van der Waals surface area contributed by atoms with Crippen LogP contribution in [-0.4, -0.2) is 5.38 Å². The fourth-order valence-corrected chi connectivity index (χ4v) is 1.16. The summed E-state index contributed by atoms with van der Waals surface area (Å²) in [5, 5.41) is -8.85. The van der Waals surface area contributed by atoms with Gasteiger partial charge in [0, 0.05) is 6.07 Å². The molecule has 0 N–H and O–H groups in total. The molecule has 0 bridgehead atoms. The van der Waals surface area contributed by atoms with Gasteiger partial charge in [0.15, 0.2) is 11.6 Å². The third-order valence-electron chi connectivity index (χ3n) is 1.70. The molecule has 0 radical (unpaired) electrons. The molecule has 0 saturated carbocycles. The molecule has 1 unspecified atom stereocenters. The van der Waals surface area contributed by atoms with E-state index in [1.165, 1.54) is 0 Å². The summed E-state index contributed by atoms with van der Waals surface area (Å²) in [6.07, 6.45) is 0. The standard InChI is InChI=1S/C8H2Cl2F6/c9-7(14,8(10,15)16)3-1-5(12)6(13)2-4(3)11/h1-2H. The molecule has 8 heteroatoms. The van der Waals surface area contributed by atoms with Crippen molar-refractivity contribution in [3.63, 3.8) is 0 Å². The van der Waals surface area contributed by atoms with Gasteiger partial charge in [0.25, 0.3) is 5.13 Å². The summed E-state index contributed by atoms with van der Waals surface area (Å²) in [7, 11) is 0. The van der Waals surface area contributed by atoms with Gasteiger partial charge < -0.3 is 0 Å². The van der Waals surface area contributed by atoms with E-state index in [0.717, 1.165) is 0 Å². The first kappa shape index (κ1) is 13.4. The third kappa shape index (κ3) is 2.22. The summed E-state index contributed by atoms with van der Waals surface area (Å²) in [6.45, 7) is 0. The number of benzene rings is 1. The van der Waals surface area contributed by atoms with Crippen molar-refractivity contribution >= 4 is 23.2 Å². The lowest BCUT2D eigenvalue weighted by Crippen LogP contribution is -2.32. The molecule has 1 atom stereocenters. The van der Waals surface area contributed by atoms with Crippen LogP contribution in [-0.2, 0) is 5.13 Å². The van der Waals surface area contributed by atoms with Gasteiger partial charge in [-0.15, -0.1) is 0 Å². The van der Waals surface area contributed by atoms with Crippen LogP contribution in [0.25, 0.3) is 0 Å². The fourth-order valence-electron chi connectivity index (χ4n) is 0.916. The Labute approximate surface area is 95.8 Å². The maximum absolute atomic E-state index is 13.3. The summed E-state index contributed by atoms with van der Waals surface area (Å²) in [4.78, 5) is 0. The Bertz CT molecular complexity index is 412. The van der Waals surface area contributed by atoms with Crippen LogP contribution in [0.1, 0.15) is 5.56 Å². The first-order valence-corrected chi connectivity index (χ1v) is 4.42. The van der Waals surface area contributed by atoms with Gasteiger partial charge in [-0.2, -0.15) is 8.78 Å². The molecule has 0 aliphatic rings. The maximum atomic E-state index is 13.3. The highest BCUT2D eigenvalue weighted by Gasteiger charge is 2.55. The monoisotopic (exact) mass is 282 g/mol. The molecule has 0 amide bonds. The van der Waals surface area contributed by atoms with E-state index in [2.05, 4.69) is 23.2 Å². The van der Waals surface area contributed by atoms with E-state index in [0.29, 0.717) is 0 Å². The van der Waals surface area contributed by atoms with Gasteiger partial charge in [0.05, 0.1) is 5.56 Å². The van der Waals surface area contributed by atoms with Crippen molar-refractivity contribution in [1.29, 1.82) is 0 Å². The summed E-state index contributed by atoms with van der Waals surface area (Å²) in [5.41, 5.74) is -1.58. The predicted octanol–water partition coefficient (Wildman–Crippen LogP) is 4.30. The van der Waals surface area contributed by atoms with E-state index in [9.17, 15) is 26.3 Å². The van der Waals surface area contributed by atoms with Crippen molar-refractivity contribution in [2.45, 2.75) is 10.5 Å². The second kappa shape index (κ2) is 4.00. The lowest BCUT2D eigenvalue weighted by molar-refractivity contribution is -0.0245. The lowest BCUT2D eigenvalue weighted by atomic mass is 10.1. The van der Waals surface area contributed by atoms with Gasteiger partial charge in [-0.3, -0.25) is 0 Å². The number of hydrogen-bond donors (Lipinski definition) is 0. The van der Waals surface area contributed by atoms with E-state index < -0.39 is 33.5 Å². The van der Waals surface area contributed by atoms with Crippen LogP contribution in [0.3, 0.4) is 0 Å². The number of halogens is 8. The summed E-state index contributed by atoms with van der Waals surface area (Å²) in [5.74, 6) is -5.15. The van der Waals surface area contributed by atoms with Gasteiger partial charge in [-0.1, -0.05) is 11.6 Å². The van der Waals surface area contributed by atoms with Crippen LogP contribution >= 0.6 is 23.2 Å².